The fourth-order valence-electron chi connectivity index (χ4n) is 3.15. The van der Waals surface area contributed by atoms with Crippen molar-refractivity contribution in [1.29, 1.82) is 0 Å². The average molecular weight is 451 g/mol. The molecule has 0 spiro atoms. The summed E-state index contributed by atoms with van der Waals surface area (Å²) in [6.07, 6.45) is 0.672. The minimum Gasteiger partial charge on any atom is -0.497 e. The molecule has 1 N–H and O–H groups in total. The van der Waals surface area contributed by atoms with E-state index >= 15 is 0 Å². The topological polar surface area (TPSA) is 58.6 Å². The second kappa shape index (κ2) is 11.2. The van der Waals surface area contributed by atoms with E-state index < -0.39 is 6.04 Å². The van der Waals surface area contributed by atoms with Crippen molar-refractivity contribution < 1.29 is 14.3 Å². The van der Waals surface area contributed by atoms with Gasteiger partial charge in [-0.1, -0.05) is 48.3 Å². The lowest BCUT2D eigenvalue weighted by molar-refractivity contribution is -0.141. The van der Waals surface area contributed by atoms with Crippen LogP contribution >= 0.6 is 23.2 Å². The molecule has 0 aliphatic heterocycles. The lowest BCUT2D eigenvalue weighted by atomic mass is 10.1. The highest BCUT2D eigenvalue weighted by atomic mass is 35.5. The first-order valence-corrected chi connectivity index (χ1v) is 10.7. The molecule has 7 heteroatoms. The summed E-state index contributed by atoms with van der Waals surface area (Å²) in [4.78, 5) is 27.7. The maximum Gasteiger partial charge on any atom is 0.243 e. The number of carbonyl (C=O) groups excluding carboxylic acids is 2. The Labute approximate surface area is 188 Å². The molecule has 0 aromatic heterocycles. The highest BCUT2D eigenvalue weighted by Crippen LogP contribution is 2.24. The van der Waals surface area contributed by atoms with Crippen molar-refractivity contribution in [2.45, 2.75) is 52.2 Å². The summed E-state index contributed by atoms with van der Waals surface area (Å²) in [6.45, 7) is 5.95. The first-order chi connectivity index (χ1) is 14.2. The molecule has 30 heavy (non-hydrogen) atoms. The van der Waals surface area contributed by atoms with E-state index in [1.807, 2.05) is 51.1 Å². The Morgan fingerprint density at radius 2 is 1.67 bits per heavy atom. The second-order valence-corrected chi connectivity index (χ2v) is 8.20. The van der Waals surface area contributed by atoms with E-state index in [1.165, 1.54) is 0 Å². The Balaban J connectivity index is 2.30. The van der Waals surface area contributed by atoms with Gasteiger partial charge in [0.15, 0.2) is 0 Å². The minimum atomic E-state index is -0.590. The van der Waals surface area contributed by atoms with Crippen LogP contribution in [0.15, 0.2) is 42.5 Å². The minimum absolute atomic E-state index is 0.0185. The highest BCUT2D eigenvalue weighted by molar-refractivity contribution is 6.42. The molecule has 162 valence electrons. The molecule has 0 saturated carbocycles. The molecule has 5 nitrogen and oxygen atoms in total. The number of methoxy groups -OCH3 is 1. The van der Waals surface area contributed by atoms with Crippen LogP contribution in [0.25, 0.3) is 0 Å². The Morgan fingerprint density at radius 3 is 2.20 bits per heavy atom. The normalized spacial score (nSPS) is 11.8. The van der Waals surface area contributed by atoms with Crippen LogP contribution in [0.4, 0.5) is 0 Å². The third-order valence-corrected chi connectivity index (χ3v) is 5.41. The zero-order chi connectivity index (χ0) is 22.3. The molecule has 2 aromatic rings. The lowest BCUT2D eigenvalue weighted by Crippen LogP contribution is -2.50. The predicted octanol–water partition coefficient (Wildman–Crippen LogP) is 4.88. The number of halogens is 2. The molecule has 2 amide bonds. The number of ether oxygens (including phenoxy) is 1. The number of nitrogens with zero attached hydrogens (tertiary/aromatic N) is 1. The summed E-state index contributed by atoms with van der Waals surface area (Å²) in [5.41, 5.74) is 1.65. The number of carbonyl (C=O) groups is 2. The molecule has 0 aliphatic carbocycles. The summed E-state index contributed by atoms with van der Waals surface area (Å²) in [5.74, 6) is 0.411. The number of benzene rings is 2. The molecule has 0 bridgehead atoms. The van der Waals surface area contributed by atoms with Crippen molar-refractivity contribution in [3.05, 3.63) is 63.6 Å². The summed E-state index contributed by atoms with van der Waals surface area (Å²) < 4.78 is 5.17. The molecule has 0 aliphatic rings. The van der Waals surface area contributed by atoms with E-state index in [2.05, 4.69) is 5.32 Å². The van der Waals surface area contributed by atoms with Gasteiger partial charge in [0, 0.05) is 12.6 Å². The molecular weight excluding hydrogens is 423 g/mol. The van der Waals surface area contributed by atoms with E-state index in [-0.39, 0.29) is 30.8 Å². The smallest absolute Gasteiger partial charge is 0.243 e. The van der Waals surface area contributed by atoms with Gasteiger partial charge in [0.05, 0.1) is 23.6 Å². The van der Waals surface area contributed by atoms with Gasteiger partial charge in [-0.05, 0) is 55.7 Å². The summed E-state index contributed by atoms with van der Waals surface area (Å²) in [5, 5.41) is 3.78. The zero-order valence-corrected chi connectivity index (χ0v) is 19.3. The largest absolute Gasteiger partial charge is 0.497 e. The molecule has 0 fully saturated rings. The van der Waals surface area contributed by atoms with Crippen LogP contribution in [0, 0.1) is 0 Å². The fraction of sp³-hybridized carbons (Fsp3) is 0.391. The van der Waals surface area contributed by atoms with Gasteiger partial charge in [0.25, 0.3) is 0 Å². The monoisotopic (exact) mass is 450 g/mol. The van der Waals surface area contributed by atoms with Crippen molar-refractivity contribution in [2.75, 3.05) is 7.11 Å². The quantitative estimate of drug-likeness (QED) is 0.592. The van der Waals surface area contributed by atoms with Crippen LogP contribution in [0.2, 0.25) is 10.0 Å². The SMILES string of the molecule is CCC(C(=O)NC(C)C)N(Cc1ccc(Cl)c(Cl)c1)C(=O)Cc1ccc(OC)cc1. The Bertz CT molecular complexity index is 869. The van der Waals surface area contributed by atoms with Crippen LogP contribution in [-0.2, 0) is 22.6 Å². The maximum absolute atomic E-state index is 13.3. The van der Waals surface area contributed by atoms with Gasteiger partial charge in [-0.2, -0.15) is 0 Å². The summed E-state index contributed by atoms with van der Waals surface area (Å²) in [7, 11) is 1.60. The molecule has 1 atom stereocenters. The average Bonchev–Trinajstić information content (AvgIpc) is 2.70. The Hall–Kier alpha value is -2.24. The third-order valence-electron chi connectivity index (χ3n) is 4.67. The standard InChI is InChI=1S/C23H28Cl2N2O3/c1-5-21(23(29)26-15(2)3)27(14-17-8-11-19(24)20(25)12-17)22(28)13-16-6-9-18(30-4)10-7-16/h6-12,15,21H,5,13-14H2,1-4H3,(H,26,29). The van der Waals surface area contributed by atoms with Gasteiger partial charge in [-0.15, -0.1) is 0 Å². The third kappa shape index (κ3) is 6.64. The van der Waals surface area contributed by atoms with Crippen LogP contribution in [0.3, 0.4) is 0 Å². The van der Waals surface area contributed by atoms with Crippen molar-refractivity contribution >= 4 is 35.0 Å². The molecular formula is C23H28Cl2N2O3. The van der Waals surface area contributed by atoms with Gasteiger partial charge in [-0.25, -0.2) is 0 Å². The van der Waals surface area contributed by atoms with Crippen LogP contribution < -0.4 is 10.1 Å². The predicted molar refractivity (Wildman–Crippen MR) is 121 cm³/mol. The molecule has 2 aromatic carbocycles. The van der Waals surface area contributed by atoms with E-state index in [4.69, 9.17) is 27.9 Å². The van der Waals surface area contributed by atoms with Crippen molar-refractivity contribution in [3.63, 3.8) is 0 Å². The van der Waals surface area contributed by atoms with Gasteiger partial charge in [-0.3, -0.25) is 9.59 Å². The van der Waals surface area contributed by atoms with E-state index in [0.29, 0.717) is 16.5 Å². The molecule has 0 heterocycles. The summed E-state index contributed by atoms with van der Waals surface area (Å²) >= 11 is 12.2. The van der Waals surface area contributed by atoms with Gasteiger partial charge in [0.1, 0.15) is 11.8 Å². The maximum atomic E-state index is 13.3. The number of amides is 2. The lowest BCUT2D eigenvalue weighted by Gasteiger charge is -2.31. The van der Waals surface area contributed by atoms with Crippen molar-refractivity contribution in [2.24, 2.45) is 0 Å². The molecule has 1 unspecified atom stereocenters. The van der Waals surface area contributed by atoms with Crippen molar-refractivity contribution in [3.8, 4) is 5.75 Å². The Kier molecular flexibility index (Phi) is 9.00. The summed E-state index contributed by atoms with van der Waals surface area (Å²) in [6, 6.07) is 12.0. The number of hydrogen-bond acceptors (Lipinski definition) is 3. The first kappa shape index (κ1) is 24.0. The highest BCUT2D eigenvalue weighted by Gasteiger charge is 2.29. The molecule has 0 radical (unpaired) electrons. The molecule has 0 saturated heterocycles. The van der Waals surface area contributed by atoms with Crippen LogP contribution in [-0.4, -0.2) is 35.9 Å². The Morgan fingerprint density at radius 1 is 1.03 bits per heavy atom. The van der Waals surface area contributed by atoms with Crippen LogP contribution in [0.5, 0.6) is 5.75 Å². The van der Waals surface area contributed by atoms with Crippen LogP contribution in [0.1, 0.15) is 38.3 Å². The fourth-order valence-corrected chi connectivity index (χ4v) is 3.48. The van der Waals surface area contributed by atoms with Gasteiger partial charge in [0.2, 0.25) is 11.8 Å². The first-order valence-electron chi connectivity index (χ1n) is 9.91. The van der Waals surface area contributed by atoms with E-state index in [1.54, 1.807) is 24.1 Å². The number of nitrogens with one attached hydrogen (secondary N) is 1. The van der Waals surface area contributed by atoms with Gasteiger partial charge < -0.3 is 15.0 Å². The van der Waals surface area contributed by atoms with Crippen molar-refractivity contribution in [1.82, 2.24) is 10.2 Å². The molecule has 2 rings (SSSR count). The van der Waals surface area contributed by atoms with E-state index in [0.717, 1.165) is 16.9 Å². The zero-order valence-electron chi connectivity index (χ0n) is 17.7. The number of rotatable bonds is 9. The van der Waals surface area contributed by atoms with Gasteiger partial charge >= 0.3 is 0 Å². The number of hydrogen-bond donors (Lipinski definition) is 1. The second-order valence-electron chi connectivity index (χ2n) is 7.38. The van der Waals surface area contributed by atoms with E-state index in [9.17, 15) is 9.59 Å².